The molecule has 2 aromatic carbocycles. The van der Waals surface area contributed by atoms with Gasteiger partial charge in [-0.3, -0.25) is 9.59 Å². The summed E-state index contributed by atoms with van der Waals surface area (Å²) in [5.74, 6) is 0.624. The molecular weight excluding hydrogens is 252 g/mol. The lowest BCUT2D eigenvalue weighted by molar-refractivity contribution is -0.104. The zero-order chi connectivity index (χ0) is 13.9. The molecule has 1 aliphatic heterocycles. The first kappa shape index (κ1) is 12.4. The Labute approximate surface area is 116 Å². The van der Waals surface area contributed by atoms with E-state index in [1.54, 1.807) is 12.1 Å². The lowest BCUT2D eigenvalue weighted by atomic mass is 9.94. The fourth-order valence-corrected chi connectivity index (χ4v) is 2.41. The third-order valence-corrected chi connectivity index (χ3v) is 3.36. The van der Waals surface area contributed by atoms with Gasteiger partial charge in [0.25, 0.3) is 0 Å². The SMILES string of the molecule is O=CC=C1c2ccccc2COc2cc(C=O)ccc21. The van der Waals surface area contributed by atoms with Crippen LogP contribution in [-0.4, -0.2) is 12.6 Å². The van der Waals surface area contributed by atoms with Gasteiger partial charge in [-0.2, -0.15) is 0 Å². The summed E-state index contributed by atoms with van der Waals surface area (Å²) in [6, 6.07) is 13.1. The minimum Gasteiger partial charge on any atom is -0.488 e. The van der Waals surface area contributed by atoms with Crippen LogP contribution in [0.25, 0.3) is 5.57 Å². The molecule has 0 saturated carbocycles. The summed E-state index contributed by atoms with van der Waals surface area (Å²) >= 11 is 0. The van der Waals surface area contributed by atoms with Crippen LogP contribution in [0, 0.1) is 0 Å². The second kappa shape index (κ2) is 5.13. The number of ether oxygens (including phenoxy) is 1. The molecule has 3 rings (SSSR count). The summed E-state index contributed by atoms with van der Waals surface area (Å²) in [6.07, 6.45) is 3.09. The van der Waals surface area contributed by atoms with Gasteiger partial charge in [-0.1, -0.05) is 30.3 Å². The van der Waals surface area contributed by atoms with Crippen LogP contribution in [-0.2, 0) is 11.4 Å². The van der Waals surface area contributed by atoms with Crippen molar-refractivity contribution < 1.29 is 14.3 Å². The molecule has 3 nitrogen and oxygen atoms in total. The van der Waals surface area contributed by atoms with Crippen LogP contribution in [0.2, 0.25) is 0 Å². The Morgan fingerprint density at radius 2 is 1.85 bits per heavy atom. The van der Waals surface area contributed by atoms with Gasteiger partial charge >= 0.3 is 0 Å². The van der Waals surface area contributed by atoms with E-state index in [0.717, 1.165) is 34.8 Å². The normalized spacial score (nSPS) is 14.7. The molecular formula is C17H12O3. The smallest absolute Gasteiger partial charge is 0.150 e. The first-order valence-electron chi connectivity index (χ1n) is 6.29. The molecule has 0 radical (unpaired) electrons. The van der Waals surface area contributed by atoms with Crippen molar-refractivity contribution in [2.45, 2.75) is 6.61 Å². The Bertz CT molecular complexity index is 714. The van der Waals surface area contributed by atoms with Gasteiger partial charge in [0.2, 0.25) is 0 Å². The zero-order valence-corrected chi connectivity index (χ0v) is 10.7. The lowest BCUT2D eigenvalue weighted by Crippen LogP contribution is -1.95. The number of carbonyl (C=O) groups excluding carboxylic acids is 2. The second-order valence-corrected chi connectivity index (χ2v) is 4.54. The summed E-state index contributed by atoms with van der Waals surface area (Å²) in [7, 11) is 0. The molecule has 0 aliphatic carbocycles. The predicted molar refractivity (Wildman–Crippen MR) is 75.7 cm³/mol. The monoisotopic (exact) mass is 264 g/mol. The average Bonchev–Trinajstić information content (AvgIpc) is 2.65. The van der Waals surface area contributed by atoms with Gasteiger partial charge in [0.05, 0.1) is 0 Å². The minimum atomic E-state index is 0.418. The average molecular weight is 264 g/mol. The highest BCUT2D eigenvalue weighted by Gasteiger charge is 2.18. The van der Waals surface area contributed by atoms with Crippen molar-refractivity contribution in [1.82, 2.24) is 0 Å². The van der Waals surface area contributed by atoms with Crippen molar-refractivity contribution in [3.05, 3.63) is 70.8 Å². The van der Waals surface area contributed by atoms with Crippen molar-refractivity contribution >= 4 is 18.1 Å². The van der Waals surface area contributed by atoms with Gasteiger partial charge in [0.1, 0.15) is 24.9 Å². The Morgan fingerprint density at radius 3 is 2.65 bits per heavy atom. The second-order valence-electron chi connectivity index (χ2n) is 4.54. The third kappa shape index (κ3) is 2.03. The Balaban J connectivity index is 2.25. The molecule has 3 heteroatoms. The number of fused-ring (bicyclic) bond motifs is 2. The van der Waals surface area contributed by atoms with E-state index in [-0.39, 0.29) is 0 Å². The van der Waals surface area contributed by atoms with Gasteiger partial charge in [-0.15, -0.1) is 0 Å². The van der Waals surface area contributed by atoms with Crippen LogP contribution in [0.5, 0.6) is 5.75 Å². The molecule has 2 aromatic rings. The standard InChI is InChI=1S/C17H12O3/c18-8-7-15-14-4-2-1-3-13(14)11-20-17-9-12(10-19)5-6-16(15)17/h1-10H,11H2. The molecule has 20 heavy (non-hydrogen) atoms. The number of benzene rings is 2. The van der Waals surface area contributed by atoms with Crippen molar-refractivity contribution in [3.63, 3.8) is 0 Å². The predicted octanol–water partition coefficient (Wildman–Crippen LogP) is 3.02. The van der Waals surface area contributed by atoms with Crippen molar-refractivity contribution in [2.75, 3.05) is 0 Å². The van der Waals surface area contributed by atoms with Crippen LogP contribution >= 0.6 is 0 Å². The fraction of sp³-hybridized carbons (Fsp3) is 0.0588. The van der Waals surface area contributed by atoms with Gasteiger partial charge in [0.15, 0.2) is 0 Å². The van der Waals surface area contributed by atoms with E-state index in [9.17, 15) is 9.59 Å². The highest BCUT2D eigenvalue weighted by molar-refractivity contribution is 5.93. The fourth-order valence-electron chi connectivity index (χ4n) is 2.41. The summed E-state index contributed by atoms with van der Waals surface area (Å²) < 4.78 is 5.78. The molecule has 0 atom stereocenters. The van der Waals surface area contributed by atoms with Crippen LogP contribution < -0.4 is 4.74 Å². The molecule has 1 heterocycles. The van der Waals surface area contributed by atoms with E-state index >= 15 is 0 Å². The summed E-state index contributed by atoms with van der Waals surface area (Å²) in [6.45, 7) is 0.418. The Hall–Kier alpha value is -2.68. The van der Waals surface area contributed by atoms with E-state index in [4.69, 9.17) is 4.74 Å². The van der Waals surface area contributed by atoms with Crippen LogP contribution in [0.15, 0.2) is 48.5 Å². The summed E-state index contributed by atoms with van der Waals surface area (Å²) in [5.41, 5.74) is 4.20. The number of rotatable bonds is 2. The zero-order valence-electron chi connectivity index (χ0n) is 10.7. The molecule has 1 aliphatic rings. The van der Waals surface area contributed by atoms with Gasteiger partial charge in [-0.05, 0) is 34.9 Å². The lowest BCUT2D eigenvalue weighted by Gasteiger charge is -2.09. The summed E-state index contributed by atoms with van der Waals surface area (Å²) in [5, 5.41) is 0. The third-order valence-electron chi connectivity index (χ3n) is 3.36. The maximum Gasteiger partial charge on any atom is 0.150 e. The molecule has 0 spiro atoms. The number of hydrogen-bond acceptors (Lipinski definition) is 3. The molecule has 98 valence electrons. The molecule has 0 fully saturated rings. The number of allylic oxidation sites excluding steroid dienone is 1. The maximum absolute atomic E-state index is 11.0. The molecule has 0 aromatic heterocycles. The highest BCUT2D eigenvalue weighted by Crippen LogP contribution is 2.36. The van der Waals surface area contributed by atoms with Crippen molar-refractivity contribution in [2.24, 2.45) is 0 Å². The largest absolute Gasteiger partial charge is 0.488 e. The van der Waals surface area contributed by atoms with Crippen LogP contribution in [0.1, 0.15) is 27.0 Å². The molecule has 0 bridgehead atoms. The van der Waals surface area contributed by atoms with Gasteiger partial charge in [0, 0.05) is 11.1 Å². The first-order valence-corrected chi connectivity index (χ1v) is 6.29. The number of carbonyl (C=O) groups is 2. The molecule has 0 amide bonds. The van der Waals surface area contributed by atoms with Gasteiger partial charge in [-0.25, -0.2) is 0 Å². The number of aldehydes is 2. The van der Waals surface area contributed by atoms with Crippen LogP contribution in [0.4, 0.5) is 0 Å². The Kier molecular flexibility index (Phi) is 3.17. The number of hydrogen-bond donors (Lipinski definition) is 0. The molecule has 0 unspecified atom stereocenters. The maximum atomic E-state index is 11.0. The van der Waals surface area contributed by atoms with E-state index < -0.39 is 0 Å². The topological polar surface area (TPSA) is 43.4 Å². The first-order chi connectivity index (χ1) is 9.83. The molecule has 0 saturated heterocycles. The Morgan fingerprint density at radius 1 is 1.00 bits per heavy atom. The quantitative estimate of drug-likeness (QED) is 0.618. The van der Waals surface area contributed by atoms with E-state index in [0.29, 0.717) is 17.9 Å². The van der Waals surface area contributed by atoms with Crippen molar-refractivity contribution in [1.29, 1.82) is 0 Å². The minimum absolute atomic E-state index is 0.418. The van der Waals surface area contributed by atoms with Crippen LogP contribution in [0.3, 0.4) is 0 Å². The van der Waals surface area contributed by atoms with E-state index in [2.05, 4.69) is 0 Å². The molecule has 0 N–H and O–H groups in total. The van der Waals surface area contributed by atoms with Crippen molar-refractivity contribution in [3.8, 4) is 5.75 Å². The van der Waals surface area contributed by atoms with Gasteiger partial charge < -0.3 is 4.74 Å². The van der Waals surface area contributed by atoms with E-state index in [1.165, 1.54) is 6.08 Å². The highest BCUT2D eigenvalue weighted by atomic mass is 16.5. The van der Waals surface area contributed by atoms with E-state index in [1.807, 2.05) is 30.3 Å². The summed E-state index contributed by atoms with van der Waals surface area (Å²) in [4.78, 5) is 21.8.